The summed E-state index contributed by atoms with van der Waals surface area (Å²) in [5.41, 5.74) is 1.07. The Hall–Kier alpha value is -1.75. The van der Waals surface area contributed by atoms with E-state index in [9.17, 15) is 4.79 Å². The van der Waals surface area contributed by atoms with Crippen molar-refractivity contribution in [3.63, 3.8) is 0 Å². The van der Waals surface area contributed by atoms with E-state index in [1.165, 1.54) is 0 Å². The zero-order valence-corrected chi connectivity index (χ0v) is 11.6. The standard InChI is InChI=1S/C17H21NO/c1-18-14-8-13-16(17(18)19)12-7-3-6-11-15-9-4-2-5-10-15/h2,4-5,9-10,16H,3,7-8,12-14H2,1H3. The predicted octanol–water partition coefficient (Wildman–Crippen LogP) is 3.08. The van der Waals surface area contributed by atoms with Gasteiger partial charge in [-0.1, -0.05) is 30.0 Å². The van der Waals surface area contributed by atoms with Gasteiger partial charge in [0.15, 0.2) is 0 Å². The van der Waals surface area contributed by atoms with E-state index in [-0.39, 0.29) is 5.92 Å². The number of rotatable bonds is 3. The van der Waals surface area contributed by atoms with E-state index < -0.39 is 0 Å². The van der Waals surface area contributed by atoms with Crippen molar-refractivity contribution in [1.29, 1.82) is 0 Å². The third kappa shape index (κ3) is 4.13. The van der Waals surface area contributed by atoms with Crippen molar-refractivity contribution in [2.45, 2.75) is 32.1 Å². The molecule has 1 unspecified atom stereocenters. The number of nitrogens with zero attached hydrogens (tertiary/aromatic N) is 1. The van der Waals surface area contributed by atoms with Crippen molar-refractivity contribution in [3.05, 3.63) is 35.9 Å². The molecule has 1 atom stereocenters. The largest absolute Gasteiger partial charge is 0.346 e. The van der Waals surface area contributed by atoms with E-state index in [1.807, 2.05) is 42.3 Å². The van der Waals surface area contributed by atoms with Crippen molar-refractivity contribution in [3.8, 4) is 11.8 Å². The molecule has 0 N–H and O–H groups in total. The summed E-state index contributed by atoms with van der Waals surface area (Å²) in [6.07, 6.45) is 5.07. The summed E-state index contributed by atoms with van der Waals surface area (Å²) in [7, 11) is 1.91. The van der Waals surface area contributed by atoms with Crippen molar-refractivity contribution in [1.82, 2.24) is 4.90 Å². The Kier molecular flexibility index (Phi) is 5.03. The molecule has 1 fully saturated rings. The lowest BCUT2D eigenvalue weighted by molar-refractivity contribution is -0.137. The first-order valence-corrected chi connectivity index (χ1v) is 7.06. The van der Waals surface area contributed by atoms with Crippen molar-refractivity contribution in [2.75, 3.05) is 13.6 Å². The smallest absolute Gasteiger partial charge is 0.225 e. The molecule has 0 saturated carbocycles. The molecule has 2 nitrogen and oxygen atoms in total. The molecule has 2 heteroatoms. The Bertz CT molecular complexity index is 469. The predicted molar refractivity (Wildman–Crippen MR) is 77.5 cm³/mol. The molecule has 0 aromatic heterocycles. The van der Waals surface area contributed by atoms with E-state index in [0.29, 0.717) is 5.91 Å². The van der Waals surface area contributed by atoms with Crippen LogP contribution in [-0.4, -0.2) is 24.4 Å². The summed E-state index contributed by atoms with van der Waals surface area (Å²) in [5.74, 6) is 6.90. The summed E-state index contributed by atoms with van der Waals surface area (Å²) in [5, 5.41) is 0. The molecule has 1 aliphatic rings. The number of carbonyl (C=O) groups is 1. The number of unbranched alkanes of at least 4 members (excludes halogenated alkanes) is 1. The Balaban J connectivity index is 1.72. The second-order valence-electron chi connectivity index (χ2n) is 5.16. The fourth-order valence-corrected chi connectivity index (χ4v) is 2.51. The van der Waals surface area contributed by atoms with Gasteiger partial charge in [-0.25, -0.2) is 0 Å². The third-order valence-corrected chi connectivity index (χ3v) is 3.63. The average Bonchev–Trinajstić information content (AvgIpc) is 2.44. The summed E-state index contributed by atoms with van der Waals surface area (Å²) >= 11 is 0. The summed E-state index contributed by atoms with van der Waals surface area (Å²) in [4.78, 5) is 13.8. The molecule has 1 saturated heterocycles. The molecular formula is C17H21NO. The molecular weight excluding hydrogens is 234 g/mol. The van der Waals surface area contributed by atoms with Gasteiger partial charge < -0.3 is 4.90 Å². The monoisotopic (exact) mass is 255 g/mol. The van der Waals surface area contributed by atoms with E-state index in [0.717, 1.165) is 44.2 Å². The summed E-state index contributed by atoms with van der Waals surface area (Å²) < 4.78 is 0. The van der Waals surface area contributed by atoms with Gasteiger partial charge in [0.05, 0.1) is 0 Å². The van der Waals surface area contributed by atoms with Gasteiger partial charge in [-0.05, 0) is 37.8 Å². The molecule has 100 valence electrons. The third-order valence-electron chi connectivity index (χ3n) is 3.63. The Morgan fingerprint density at radius 1 is 1.32 bits per heavy atom. The van der Waals surface area contributed by atoms with Gasteiger partial charge in [-0.3, -0.25) is 4.79 Å². The quantitative estimate of drug-likeness (QED) is 0.600. The molecule has 0 aliphatic carbocycles. The van der Waals surface area contributed by atoms with Crippen LogP contribution in [0.2, 0.25) is 0 Å². The molecule has 19 heavy (non-hydrogen) atoms. The molecule has 1 aliphatic heterocycles. The van der Waals surface area contributed by atoms with Gasteiger partial charge in [0, 0.05) is 31.5 Å². The molecule has 0 spiro atoms. The van der Waals surface area contributed by atoms with E-state index in [1.54, 1.807) is 0 Å². The van der Waals surface area contributed by atoms with Crippen LogP contribution in [0, 0.1) is 17.8 Å². The lowest BCUT2D eigenvalue weighted by atomic mass is 9.92. The summed E-state index contributed by atoms with van der Waals surface area (Å²) in [6, 6.07) is 10.0. The van der Waals surface area contributed by atoms with Crippen molar-refractivity contribution >= 4 is 5.91 Å². The topological polar surface area (TPSA) is 20.3 Å². The highest BCUT2D eigenvalue weighted by Crippen LogP contribution is 2.21. The molecule has 1 amide bonds. The number of hydrogen-bond donors (Lipinski definition) is 0. The number of likely N-dealkylation sites (tertiary alicyclic amines) is 1. The van der Waals surface area contributed by atoms with Gasteiger partial charge in [-0.15, -0.1) is 0 Å². The molecule has 1 aromatic rings. The average molecular weight is 255 g/mol. The van der Waals surface area contributed by atoms with E-state index in [2.05, 4.69) is 11.8 Å². The van der Waals surface area contributed by atoms with Crippen LogP contribution in [0.3, 0.4) is 0 Å². The maximum Gasteiger partial charge on any atom is 0.225 e. The highest BCUT2D eigenvalue weighted by Gasteiger charge is 2.25. The number of hydrogen-bond acceptors (Lipinski definition) is 1. The van der Waals surface area contributed by atoms with Gasteiger partial charge in [0.2, 0.25) is 5.91 Å². The van der Waals surface area contributed by atoms with Crippen LogP contribution in [0.4, 0.5) is 0 Å². The zero-order valence-electron chi connectivity index (χ0n) is 11.6. The maximum absolute atomic E-state index is 11.9. The second kappa shape index (κ2) is 6.99. The number of benzene rings is 1. The maximum atomic E-state index is 11.9. The minimum absolute atomic E-state index is 0.234. The van der Waals surface area contributed by atoms with Gasteiger partial charge in [0.25, 0.3) is 0 Å². The molecule has 0 bridgehead atoms. The van der Waals surface area contributed by atoms with Gasteiger partial charge >= 0.3 is 0 Å². The molecule has 2 rings (SSSR count). The highest BCUT2D eigenvalue weighted by molar-refractivity contribution is 5.79. The zero-order chi connectivity index (χ0) is 13.5. The fourth-order valence-electron chi connectivity index (χ4n) is 2.51. The number of piperidine rings is 1. The first kappa shape index (κ1) is 13.7. The second-order valence-corrected chi connectivity index (χ2v) is 5.16. The molecule has 0 radical (unpaired) electrons. The van der Waals surface area contributed by atoms with Crippen LogP contribution < -0.4 is 0 Å². The van der Waals surface area contributed by atoms with Crippen LogP contribution in [0.5, 0.6) is 0 Å². The Morgan fingerprint density at radius 3 is 2.89 bits per heavy atom. The van der Waals surface area contributed by atoms with Crippen molar-refractivity contribution in [2.24, 2.45) is 5.92 Å². The molecule has 1 aromatic carbocycles. The summed E-state index contributed by atoms with van der Waals surface area (Å²) in [6.45, 7) is 0.920. The highest BCUT2D eigenvalue weighted by atomic mass is 16.2. The van der Waals surface area contributed by atoms with Crippen LogP contribution in [-0.2, 0) is 4.79 Å². The minimum Gasteiger partial charge on any atom is -0.346 e. The SMILES string of the molecule is CN1CCCC(CCCC#Cc2ccccc2)C1=O. The number of carbonyl (C=O) groups excluding carboxylic acids is 1. The minimum atomic E-state index is 0.234. The first-order chi connectivity index (χ1) is 9.27. The lowest BCUT2D eigenvalue weighted by Crippen LogP contribution is -2.38. The van der Waals surface area contributed by atoms with Crippen molar-refractivity contribution < 1.29 is 4.79 Å². The van der Waals surface area contributed by atoms with E-state index >= 15 is 0 Å². The van der Waals surface area contributed by atoms with E-state index in [4.69, 9.17) is 0 Å². The first-order valence-electron chi connectivity index (χ1n) is 7.06. The van der Waals surface area contributed by atoms with Crippen LogP contribution >= 0.6 is 0 Å². The Morgan fingerprint density at radius 2 is 2.11 bits per heavy atom. The normalized spacial score (nSPS) is 18.9. The fraction of sp³-hybridized carbons (Fsp3) is 0.471. The molecule has 1 heterocycles. The Labute approximate surface area is 115 Å². The van der Waals surface area contributed by atoms with Gasteiger partial charge in [0.1, 0.15) is 0 Å². The van der Waals surface area contributed by atoms with Crippen LogP contribution in [0.1, 0.15) is 37.7 Å². The van der Waals surface area contributed by atoms with Crippen LogP contribution in [0.25, 0.3) is 0 Å². The van der Waals surface area contributed by atoms with Crippen LogP contribution in [0.15, 0.2) is 30.3 Å². The number of amides is 1. The van der Waals surface area contributed by atoms with Gasteiger partial charge in [-0.2, -0.15) is 0 Å². The lowest BCUT2D eigenvalue weighted by Gasteiger charge is -2.29.